The molecule has 0 aliphatic rings. The third-order valence-corrected chi connectivity index (χ3v) is 2.83. The number of hydrogen-bond donors (Lipinski definition) is 0. The Bertz CT molecular complexity index is 37.3. The molecule has 44 valence electrons. The Hall–Kier alpha value is 0.778. The maximum absolute atomic E-state index is 5.43. The van der Waals surface area contributed by atoms with Crippen molar-refractivity contribution in [2.75, 3.05) is 0 Å². The fourth-order valence-electron chi connectivity index (χ4n) is 0.422. The predicted octanol–water partition coefficient (Wildman–Crippen LogP) is 1.66. The molecule has 7 heavy (non-hydrogen) atoms. The topological polar surface area (TPSA) is 9.23 Å². The summed E-state index contributed by atoms with van der Waals surface area (Å²) in [6.07, 6.45) is 0.456. The average molecular weight is 211 g/mol. The summed E-state index contributed by atoms with van der Waals surface area (Å²) in [5.74, 6) is 0. The fourth-order valence-corrected chi connectivity index (χ4v) is 2.83. The molecular formula is C5H13OSb. The fraction of sp³-hybridized carbons (Fsp3) is 1.00. The second-order valence-corrected chi connectivity index (χ2v) is 7.21. The van der Waals surface area contributed by atoms with Crippen LogP contribution in [0.1, 0.15) is 13.8 Å². The van der Waals surface area contributed by atoms with Gasteiger partial charge in [0.25, 0.3) is 0 Å². The molecule has 0 fully saturated rings. The van der Waals surface area contributed by atoms with Crippen LogP contribution in [0.25, 0.3) is 0 Å². The number of rotatable bonds is 2. The Morgan fingerprint density at radius 3 is 1.71 bits per heavy atom. The van der Waals surface area contributed by atoms with Crippen molar-refractivity contribution in [2.24, 2.45) is 0 Å². The Morgan fingerprint density at radius 2 is 1.71 bits per heavy atom. The zero-order valence-electron chi connectivity index (χ0n) is 5.43. The molecule has 2 heteroatoms. The zero-order chi connectivity index (χ0) is 5.86. The van der Waals surface area contributed by atoms with Gasteiger partial charge in [-0.1, -0.05) is 0 Å². The molecule has 0 rings (SSSR count). The monoisotopic (exact) mass is 210 g/mol. The second kappa shape index (κ2) is 3.74. The first kappa shape index (κ1) is 7.78. The van der Waals surface area contributed by atoms with Gasteiger partial charge in [0.05, 0.1) is 0 Å². The van der Waals surface area contributed by atoms with E-state index in [1.54, 1.807) is 0 Å². The van der Waals surface area contributed by atoms with Crippen LogP contribution in [-0.2, 0) is 3.02 Å². The van der Waals surface area contributed by atoms with Gasteiger partial charge in [-0.25, -0.2) is 0 Å². The molecular weight excluding hydrogens is 198 g/mol. The van der Waals surface area contributed by atoms with Gasteiger partial charge < -0.3 is 0 Å². The van der Waals surface area contributed by atoms with Crippen molar-refractivity contribution in [3.05, 3.63) is 0 Å². The summed E-state index contributed by atoms with van der Waals surface area (Å²) in [5, 5.41) is 0. The average Bonchev–Trinajstić information content (AvgIpc) is 1.27. The summed E-state index contributed by atoms with van der Waals surface area (Å²) in [7, 11) is 0. The molecule has 0 aliphatic carbocycles. The quantitative estimate of drug-likeness (QED) is 0.631. The summed E-state index contributed by atoms with van der Waals surface area (Å²) in [5.41, 5.74) is 0. The molecule has 1 nitrogen and oxygen atoms in total. The molecule has 0 atom stereocenters. The molecule has 0 aliphatic heterocycles. The van der Waals surface area contributed by atoms with Crippen LogP contribution in [0.3, 0.4) is 0 Å². The van der Waals surface area contributed by atoms with Crippen molar-refractivity contribution in [1.29, 1.82) is 0 Å². The molecule has 0 aromatic rings. The molecule has 0 unspecified atom stereocenters. The van der Waals surface area contributed by atoms with E-state index in [4.69, 9.17) is 3.02 Å². The predicted molar refractivity (Wildman–Crippen MR) is 33.7 cm³/mol. The van der Waals surface area contributed by atoms with Crippen LogP contribution >= 0.6 is 0 Å². The van der Waals surface area contributed by atoms with E-state index in [1.165, 1.54) is 0 Å². The molecule has 0 aromatic heterocycles. The first-order valence-corrected chi connectivity index (χ1v) is 8.62. The van der Waals surface area contributed by atoms with Crippen molar-refractivity contribution in [3.63, 3.8) is 0 Å². The Morgan fingerprint density at radius 1 is 1.29 bits per heavy atom. The minimum absolute atomic E-state index is 0.456. The van der Waals surface area contributed by atoms with E-state index in [0.717, 1.165) is 0 Å². The molecule has 0 radical (unpaired) electrons. The molecule has 0 N–H and O–H groups in total. The van der Waals surface area contributed by atoms with Crippen molar-refractivity contribution in [2.45, 2.75) is 29.7 Å². The van der Waals surface area contributed by atoms with Crippen LogP contribution in [0, 0.1) is 0 Å². The first-order chi connectivity index (χ1) is 3.13. The van der Waals surface area contributed by atoms with Gasteiger partial charge >= 0.3 is 53.3 Å². The third-order valence-electron chi connectivity index (χ3n) is 0.422. The molecule has 0 amide bonds. The van der Waals surface area contributed by atoms with E-state index < -0.39 is 20.6 Å². The van der Waals surface area contributed by atoms with E-state index in [1.807, 2.05) is 0 Å². The molecule has 0 aromatic carbocycles. The van der Waals surface area contributed by atoms with E-state index in [9.17, 15) is 0 Å². The SMILES string of the molecule is CC(C)[O][Sb]([CH3])[CH3]. The van der Waals surface area contributed by atoms with Crippen LogP contribution in [0.4, 0.5) is 0 Å². The summed E-state index contributed by atoms with van der Waals surface area (Å²) >= 11 is -1.08. The zero-order valence-corrected chi connectivity index (χ0v) is 7.99. The van der Waals surface area contributed by atoms with E-state index in [0.29, 0.717) is 6.10 Å². The van der Waals surface area contributed by atoms with Crippen molar-refractivity contribution >= 4 is 20.6 Å². The third kappa shape index (κ3) is 6.78. The molecule has 0 bridgehead atoms. The van der Waals surface area contributed by atoms with E-state index in [-0.39, 0.29) is 0 Å². The van der Waals surface area contributed by atoms with E-state index in [2.05, 4.69) is 23.6 Å². The van der Waals surface area contributed by atoms with Crippen molar-refractivity contribution < 1.29 is 3.02 Å². The van der Waals surface area contributed by atoms with Gasteiger partial charge in [0, 0.05) is 0 Å². The Balaban J connectivity index is 2.95. The normalized spacial score (nSPS) is 11.1. The van der Waals surface area contributed by atoms with Gasteiger partial charge in [0.15, 0.2) is 0 Å². The summed E-state index contributed by atoms with van der Waals surface area (Å²) in [6.45, 7) is 4.18. The first-order valence-electron chi connectivity index (χ1n) is 2.47. The summed E-state index contributed by atoms with van der Waals surface area (Å²) in [6, 6.07) is 0. The van der Waals surface area contributed by atoms with Crippen LogP contribution in [-0.4, -0.2) is 26.7 Å². The van der Waals surface area contributed by atoms with Crippen molar-refractivity contribution in [1.82, 2.24) is 0 Å². The molecule has 0 spiro atoms. The van der Waals surface area contributed by atoms with Crippen LogP contribution in [0.15, 0.2) is 0 Å². The van der Waals surface area contributed by atoms with Crippen LogP contribution in [0.2, 0.25) is 9.74 Å². The molecule has 0 heterocycles. The standard InChI is InChI=1S/C3H7O.2CH3.Sb/c1-3(2)4;;;/h3H,1-2H3;2*1H3;/q-1;;;+1. The van der Waals surface area contributed by atoms with Gasteiger partial charge in [-0.05, 0) is 0 Å². The van der Waals surface area contributed by atoms with Gasteiger partial charge in [-0.2, -0.15) is 0 Å². The van der Waals surface area contributed by atoms with Crippen molar-refractivity contribution in [3.8, 4) is 0 Å². The molecule has 0 saturated heterocycles. The number of hydrogen-bond acceptors (Lipinski definition) is 1. The van der Waals surface area contributed by atoms with Crippen LogP contribution < -0.4 is 0 Å². The Kier molecular flexibility index (Phi) is 4.16. The van der Waals surface area contributed by atoms with Crippen LogP contribution in [0.5, 0.6) is 0 Å². The van der Waals surface area contributed by atoms with E-state index >= 15 is 0 Å². The second-order valence-electron chi connectivity index (χ2n) is 1.97. The summed E-state index contributed by atoms with van der Waals surface area (Å²) in [4.78, 5) is 4.45. The molecule has 0 saturated carbocycles. The summed E-state index contributed by atoms with van der Waals surface area (Å²) < 4.78 is 5.43. The van der Waals surface area contributed by atoms with Gasteiger partial charge in [-0.3, -0.25) is 0 Å². The van der Waals surface area contributed by atoms with Gasteiger partial charge in [0.2, 0.25) is 0 Å². The van der Waals surface area contributed by atoms with Gasteiger partial charge in [-0.15, -0.1) is 0 Å². The Labute approximate surface area is 53.6 Å². The minimum atomic E-state index is -1.08. The van der Waals surface area contributed by atoms with Gasteiger partial charge in [0.1, 0.15) is 0 Å². The maximum atomic E-state index is 5.43.